The van der Waals surface area contributed by atoms with Crippen molar-refractivity contribution in [2.45, 2.75) is 33.2 Å². The molecule has 2 heterocycles. The number of hydrogen-bond acceptors (Lipinski definition) is 6. The van der Waals surface area contributed by atoms with Crippen molar-refractivity contribution in [3.63, 3.8) is 0 Å². The predicted octanol–water partition coefficient (Wildman–Crippen LogP) is 4.23. The predicted molar refractivity (Wildman–Crippen MR) is 109 cm³/mol. The number of phenols is 1. The highest BCUT2D eigenvalue weighted by Crippen LogP contribution is 2.27. The van der Waals surface area contributed by atoms with E-state index in [1.807, 2.05) is 32.0 Å². The molecule has 0 unspecified atom stereocenters. The van der Waals surface area contributed by atoms with Crippen LogP contribution in [0.25, 0.3) is 10.8 Å². The molecule has 1 aliphatic rings. The van der Waals surface area contributed by atoms with Crippen LogP contribution in [-0.2, 0) is 11.3 Å². The molecule has 0 radical (unpaired) electrons. The quantitative estimate of drug-likeness (QED) is 0.711. The van der Waals surface area contributed by atoms with Gasteiger partial charge in [-0.2, -0.15) is 10.4 Å². The van der Waals surface area contributed by atoms with Crippen LogP contribution < -0.4 is 5.32 Å². The van der Waals surface area contributed by atoms with Gasteiger partial charge in [0.05, 0.1) is 17.3 Å². The molecule has 1 aromatic heterocycles. The van der Waals surface area contributed by atoms with E-state index in [1.165, 1.54) is 12.8 Å². The molecule has 144 valence electrons. The maximum absolute atomic E-state index is 9.73. The second-order valence-corrected chi connectivity index (χ2v) is 6.74. The summed E-state index contributed by atoms with van der Waals surface area (Å²) >= 11 is 0. The lowest BCUT2D eigenvalue weighted by molar-refractivity contribution is 0.198. The summed E-state index contributed by atoms with van der Waals surface area (Å²) in [5, 5.41) is 32.2. The molecule has 0 spiro atoms. The van der Waals surface area contributed by atoms with Crippen LogP contribution in [0, 0.1) is 25.2 Å². The fraction of sp³-hybridized carbons (Fsp3) is 0.318. The van der Waals surface area contributed by atoms with E-state index in [4.69, 9.17) is 10.00 Å². The van der Waals surface area contributed by atoms with Crippen LogP contribution in [0.1, 0.15) is 35.2 Å². The minimum atomic E-state index is 0.190. The van der Waals surface area contributed by atoms with Gasteiger partial charge >= 0.3 is 0 Å². The lowest BCUT2D eigenvalue weighted by Crippen LogP contribution is -2.06. The zero-order valence-electron chi connectivity index (χ0n) is 16.2. The zero-order chi connectivity index (χ0) is 19.9. The summed E-state index contributed by atoms with van der Waals surface area (Å²) in [6.07, 6.45) is 2.56. The number of hydrogen-bond donors (Lipinski definition) is 2. The van der Waals surface area contributed by atoms with E-state index in [0.29, 0.717) is 17.9 Å². The highest BCUT2D eigenvalue weighted by atomic mass is 16.5. The van der Waals surface area contributed by atoms with E-state index in [0.717, 1.165) is 40.8 Å². The molecule has 4 rings (SSSR count). The molecule has 2 N–H and O–H groups in total. The van der Waals surface area contributed by atoms with Gasteiger partial charge in [-0.25, -0.2) is 0 Å². The van der Waals surface area contributed by atoms with Gasteiger partial charge in [0.25, 0.3) is 0 Å². The largest absolute Gasteiger partial charge is 0.508 e. The minimum Gasteiger partial charge on any atom is -0.508 e. The van der Waals surface area contributed by atoms with E-state index in [9.17, 15) is 5.11 Å². The zero-order valence-corrected chi connectivity index (χ0v) is 16.2. The minimum absolute atomic E-state index is 0.190. The first kappa shape index (κ1) is 19.6. The standard InChI is InChI=1S/C18H16N4O.C4H8O/c1-11-13(9-19)4-3-5-14(11)10-20-18-17-8-15(23)6-7-16(17)12(2)21-22-18;1-2-4-5-3-1/h3-8,23H,10H2,1-2H3,(H,20,22);1-4H2. The van der Waals surface area contributed by atoms with Gasteiger partial charge in [0.2, 0.25) is 0 Å². The Morgan fingerprint density at radius 1 is 1.11 bits per heavy atom. The summed E-state index contributed by atoms with van der Waals surface area (Å²) in [6.45, 7) is 6.35. The van der Waals surface area contributed by atoms with E-state index in [-0.39, 0.29) is 5.75 Å². The van der Waals surface area contributed by atoms with E-state index in [1.54, 1.807) is 18.2 Å². The lowest BCUT2D eigenvalue weighted by atomic mass is 10.0. The normalized spacial score (nSPS) is 12.9. The molecule has 3 aromatic rings. The number of aromatic nitrogens is 2. The van der Waals surface area contributed by atoms with Crippen LogP contribution in [0.4, 0.5) is 5.82 Å². The average Bonchev–Trinajstić information content (AvgIpc) is 3.28. The van der Waals surface area contributed by atoms with Crippen molar-refractivity contribution in [2.75, 3.05) is 18.5 Å². The Labute approximate surface area is 164 Å². The van der Waals surface area contributed by atoms with Gasteiger partial charge in [-0.3, -0.25) is 0 Å². The average molecular weight is 376 g/mol. The monoisotopic (exact) mass is 376 g/mol. The third kappa shape index (κ3) is 4.56. The first-order valence-electron chi connectivity index (χ1n) is 9.36. The summed E-state index contributed by atoms with van der Waals surface area (Å²) in [5.41, 5.74) is 3.46. The number of fused-ring (bicyclic) bond motifs is 1. The number of ether oxygens (including phenoxy) is 1. The van der Waals surface area contributed by atoms with Crippen LogP contribution in [0.3, 0.4) is 0 Å². The van der Waals surface area contributed by atoms with Gasteiger partial charge in [-0.05, 0) is 62.1 Å². The molecule has 28 heavy (non-hydrogen) atoms. The molecule has 0 atom stereocenters. The maximum atomic E-state index is 9.73. The number of aromatic hydroxyl groups is 1. The Kier molecular flexibility index (Phi) is 6.41. The van der Waals surface area contributed by atoms with E-state index < -0.39 is 0 Å². The molecule has 0 saturated carbocycles. The molecule has 0 aliphatic carbocycles. The smallest absolute Gasteiger partial charge is 0.156 e. The molecular weight excluding hydrogens is 352 g/mol. The number of anilines is 1. The van der Waals surface area contributed by atoms with Crippen molar-refractivity contribution < 1.29 is 9.84 Å². The second kappa shape index (κ2) is 9.16. The number of nitrogens with zero attached hydrogens (tertiary/aromatic N) is 3. The topological polar surface area (TPSA) is 91.1 Å². The first-order valence-corrected chi connectivity index (χ1v) is 9.36. The molecule has 0 bridgehead atoms. The highest BCUT2D eigenvalue weighted by Gasteiger charge is 2.09. The van der Waals surface area contributed by atoms with Gasteiger partial charge in [0.15, 0.2) is 5.82 Å². The van der Waals surface area contributed by atoms with Crippen LogP contribution in [0.15, 0.2) is 36.4 Å². The van der Waals surface area contributed by atoms with Crippen molar-refractivity contribution >= 4 is 16.6 Å². The Hall–Kier alpha value is -3.17. The van der Waals surface area contributed by atoms with Crippen molar-refractivity contribution in [3.8, 4) is 11.8 Å². The maximum Gasteiger partial charge on any atom is 0.156 e. The van der Waals surface area contributed by atoms with Crippen LogP contribution in [0.2, 0.25) is 0 Å². The molecular formula is C22H24N4O2. The Balaban J connectivity index is 0.000000391. The molecule has 1 saturated heterocycles. The molecule has 1 fully saturated rings. The number of aryl methyl sites for hydroxylation is 1. The number of nitriles is 1. The van der Waals surface area contributed by atoms with Crippen LogP contribution >= 0.6 is 0 Å². The van der Waals surface area contributed by atoms with Crippen LogP contribution in [-0.4, -0.2) is 28.5 Å². The molecule has 6 nitrogen and oxygen atoms in total. The van der Waals surface area contributed by atoms with Crippen LogP contribution in [0.5, 0.6) is 5.75 Å². The molecule has 0 amide bonds. The molecule has 2 aromatic carbocycles. The highest BCUT2D eigenvalue weighted by molar-refractivity contribution is 5.93. The summed E-state index contributed by atoms with van der Waals surface area (Å²) in [6, 6.07) is 13.0. The fourth-order valence-corrected chi connectivity index (χ4v) is 3.09. The van der Waals surface area contributed by atoms with E-state index in [2.05, 4.69) is 21.6 Å². The Morgan fingerprint density at radius 3 is 2.57 bits per heavy atom. The van der Waals surface area contributed by atoms with Gasteiger partial charge in [0.1, 0.15) is 5.75 Å². The second-order valence-electron chi connectivity index (χ2n) is 6.74. The lowest BCUT2D eigenvalue weighted by Gasteiger charge is -2.12. The van der Waals surface area contributed by atoms with Gasteiger partial charge in [-0.15, -0.1) is 5.10 Å². The third-order valence-electron chi connectivity index (χ3n) is 4.79. The van der Waals surface area contributed by atoms with Crippen molar-refractivity contribution in [1.29, 1.82) is 5.26 Å². The first-order chi connectivity index (χ1) is 13.6. The summed E-state index contributed by atoms with van der Waals surface area (Å²) in [7, 11) is 0. The Morgan fingerprint density at radius 2 is 1.89 bits per heavy atom. The van der Waals surface area contributed by atoms with Crippen molar-refractivity contribution in [3.05, 3.63) is 58.8 Å². The summed E-state index contributed by atoms with van der Waals surface area (Å²) in [5.74, 6) is 0.805. The van der Waals surface area contributed by atoms with Crippen molar-refractivity contribution in [2.24, 2.45) is 0 Å². The molecule has 6 heteroatoms. The molecule has 1 aliphatic heterocycles. The third-order valence-corrected chi connectivity index (χ3v) is 4.79. The Bertz CT molecular complexity index is 1000. The van der Waals surface area contributed by atoms with Gasteiger partial charge < -0.3 is 15.2 Å². The summed E-state index contributed by atoms with van der Waals surface area (Å²) < 4.78 is 4.94. The van der Waals surface area contributed by atoms with Gasteiger partial charge in [-0.1, -0.05) is 12.1 Å². The number of nitrogens with one attached hydrogen (secondary N) is 1. The summed E-state index contributed by atoms with van der Waals surface area (Å²) in [4.78, 5) is 0. The van der Waals surface area contributed by atoms with E-state index >= 15 is 0 Å². The number of phenolic OH excluding ortho intramolecular Hbond substituents is 1. The number of rotatable bonds is 3. The van der Waals surface area contributed by atoms with Gasteiger partial charge in [0, 0.05) is 30.5 Å². The number of benzene rings is 2. The van der Waals surface area contributed by atoms with Crippen molar-refractivity contribution in [1.82, 2.24) is 10.2 Å². The fourth-order valence-electron chi connectivity index (χ4n) is 3.09. The SMILES string of the molecule is C1CCOC1.Cc1c(C#N)cccc1CNc1nnc(C)c2ccc(O)cc12.